The molecule has 0 amide bonds. The summed E-state index contributed by atoms with van der Waals surface area (Å²) in [5.41, 5.74) is 10.3. The van der Waals surface area contributed by atoms with Crippen molar-refractivity contribution < 1.29 is 4.74 Å². The highest BCUT2D eigenvalue weighted by Gasteiger charge is 2.28. The van der Waals surface area contributed by atoms with Crippen molar-refractivity contribution in [3.8, 4) is 5.75 Å². The number of aryl methyl sites for hydroxylation is 1. The molecular formula is C21H27N5O. The Morgan fingerprint density at radius 2 is 2.15 bits per heavy atom. The number of likely N-dealkylation sites (tertiary alicyclic amines) is 1. The standard InChI is InChI=1S/C21H27N5O/c1-15-5-3-6-17(20(15)27-2)14-25-11-8-16(13-25)19-18-7-4-10-23-21(18)26(24-19)12-9-22/h3-7,10,16H,8-9,11-14,22H2,1-2H3. The molecule has 1 unspecified atom stereocenters. The Morgan fingerprint density at radius 1 is 1.26 bits per heavy atom. The van der Waals surface area contributed by atoms with Crippen molar-refractivity contribution in [2.24, 2.45) is 5.73 Å². The fraction of sp³-hybridized carbons (Fsp3) is 0.429. The van der Waals surface area contributed by atoms with Crippen LogP contribution in [-0.2, 0) is 13.1 Å². The number of para-hydroxylation sites is 1. The summed E-state index contributed by atoms with van der Waals surface area (Å²) in [6.45, 7) is 6.33. The monoisotopic (exact) mass is 365 g/mol. The Kier molecular flexibility index (Phi) is 5.09. The van der Waals surface area contributed by atoms with Crippen LogP contribution in [0.15, 0.2) is 36.5 Å². The van der Waals surface area contributed by atoms with Gasteiger partial charge in [0.25, 0.3) is 0 Å². The summed E-state index contributed by atoms with van der Waals surface area (Å²) in [5, 5.41) is 6.03. The van der Waals surface area contributed by atoms with Crippen molar-refractivity contribution in [3.63, 3.8) is 0 Å². The zero-order valence-electron chi connectivity index (χ0n) is 16.1. The number of pyridine rings is 1. The van der Waals surface area contributed by atoms with Crippen LogP contribution in [0.3, 0.4) is 0 Å². The number of benzene rings is 1. The lowest BCUT2D eigenvalue weighted by molar-refractivity contribution is 0.316. The van der Waals surface area contributed by atoms with Gasteiger partial charge in [-0.3, -0.25) is 4.90 Å². The highest BCUT2D eigenvalue weighted by Crippen LogP contribution is 2.33. The second-order valence-corrected chi connectivity index (χ2v) is 7.26. The molecule has 4 rings (SSSR count). The molecule has 0 radical (unpaired) electrons. The minimum absolute atomic E-state index is 0.423. The molecular weight excluding hydrogens is 338 g/mol. The van der Waals surface area contributed by atoms with Gasteiger partial charge >= 0.3 is 0 Å². The Bertz CT molecular complexity index is 935. The number of nitrogens with zero attached hydrogens (tertiary/aromatic N) is 4. The van der Waals surface area contributed by atoms with Gasteiger partial charge < -0.3 is 10.5 Å². The molecule has 3 aromatic rings. The summed E-state index contributed by atoms with van der Waals surface area (Å²) in [6.07, 6.45) is 2.93. The minimum Gasteiger partial charge on any atom is -0.496 e. The summed E-state index contributed by atoms with van der Waals surface area (Å²) >= 11 is 0. The summed E-state index contributed by atoms with van der Waals surface area (Å²) in [5.74, 6) is 1.43. The molecule has 0 aliphatic carbocycles. The van der Waals surface area contributed by atoms with Gasteiger partial charge in [0.2, 0.25) is 0 Å². The molecule has 0 saturated carbocycles. The quantitative estimate of drug-likeness (QED) is 0.727. The third-order valence-corrected chi connectivity index (χ3v) is 5.43. The van der Waals surface area contributed by atoms with E-state index in [9.17, 15) is 0 Å². The first-order chi connectivity index (χ1) is 13.2. The number of hydrogen-bond donors (Lipinski definition) is 1. The number of aromatic nitrogens is 3. The van der Waals surface area contributed by atoms with E-state index in [0.717, 1.165) is 48.5 Å². The smallest absolute Gasteiger partial charge is 0.158 e. The van der Waals surface area contributed by atoms with E-state index in [1.807, 2.05) is 16.9 Å². The first kappa shape index (κ1) is 17.9. The summed E-state index contributed by atoms with van der Waals surface area (Å²) in [7, 11) is 1.75. The predicted molar refractivity (Wildman–Crippen MR) is 107 cm³/mol. The average molecular weight is 365 g/mol. The Hall–Kier alpha value is -2.44. The molecule has 0 spiro atoms. The van der Waals surface area contributed by atoms with Gasteiger partial charge in [-0.25, -0.2) is 9.67 Å². The number of fused-ring (bicyclic) bond motifs is 1. The van der Waals surface area contributed by atoms with Crippen molar-refractivity contribution >= 4 is 11.0 Å². The number of ether oxygens (including phenoxy) is 1. The number of rotatable bonds is 6. The molecule has 1 atom stereocenters. The van der Waals surface area contributed by atoms with Crippen LogP contribution in [0.25, 0.3) is 11.0 Å². The van der Waals surface area contributed by atoms with E-state index < -0.39 is 0 Å². The fourth-order valence-electron chi connectivity index (χ4n) is 4.18. The van der Waals surface area contributed by atoms with Crippen LogP contribution in [0.2, 0.25) is 0 Å². The number of hydrogen-bond acceptors (Lipinski definition) is 5. The Balaban J connectivity index is 1.55. The first-order valence-electron chi connectivity index (χ1n) is 9.57. The average Bonchev–Trinajstić information content (AvgIpc) is 3.27. The lowest BCUT2D eigenvalue weighted by Gasteiger charge is -2.18. The third kappa shape index (κ3) is 3.42. The van der Waals surface area contributed by atoms with Crippen molar-refractivity contribution in [1.29, 1.82) is 0 Å². The molecule has 2 N–H and O–H groups in total. The lowest BCUT2D eigenvalue weighted by atomic mass is 10.0. The molecule has 1 aliphatic heterocycles. The maximum atomic E-state index is 5.75. The second-order valence-electron chi connectivity index (χ2n) is 7.26. The van der Waals surface area contributed by atoms with E-state index in [1.54, 1.807) is 7.11 Å². The van der Waals surface area contributed by atoms with Crippen LogP contribution in [0.1, 0.15) is 29.2 Å². The van der Waals surface area contributed by atoms with Crippen LogP contribution in [-0.4, -0.2) is 46.4 Å². The van der Waals surface area contributed by atoms with Gasteiger partial charge in [-0.1, -0.05) is 18.2 Å². The summed E-state index contributed by atoms with van der Waals surface area (Å²) in [4.78, 5) is 7.02. The highest BCUT2D eigenvalue weighted by atomic mass is 16.5. The normalized spacial score (nSPS) is 17.7. The molecule has 1 aliphatic rings. The molecule has 1 fully saturated rings. The molecule has 2 aromatic heterocycles. The topological polar surface area (TPSA) is 69.2 Å². The maximum Gasteiger partial charge on any atom is 0.158 e. The van der Waals surface area contributed by atoms with E-state index in [-0.39, 0.29) is 0 Å². The SMILES string of the molecule is COc1c(C)cccc1CN1CCC(c2nn(CCN)c3ncccc23)C1. The molecule has 27 heavy (non-hydrogen) atoms. The fourth-order valence-corrected chi connectivity index (χ4v) is 4.18. The van der Waals surface area contributed by atoms with Gasteiger partial charge in [0.15, 0.2) is 5.65 Å². The molecule has 1 aromatic carbocycles. The van der Waals surface area contributed by atoms with Crippen molar-refractivity contribution in [1.82, 2.24) is 19.7 Å². The minimum atomic E-state index is 0.423. The van der Waals surface area contributed by atoms with Gasteiger partial charge in [-0.2, -0.15) is 5.10 Å². The third-order valence-electron chi connectivity index (χ3n) is 5.43. The highest BCUT2D eigenvalue weighted by molar-refractivity contribution is 5.78. The molecule has 6 nitrogen and oxygen atoms in total. The van der Waals surface area contributed by atoms with Gasteiger partial charge in [0.1, 0.15) is 5.75 Å². The van der Waals surface area contributed by atoms with Crippen molar-refractivity contribution in [2.45, 2.75) is 32.4 Å². The van der Waals surface area contributed by atoms with Crippen LogP contribution >= 0.6 is 0 Å². The Labute approximate surface area is 159 Å². The molecule has 3 heterocycles. The van der Waals surface area contributed by atoms with E-state index >= 15 is 0 Å². The van der Waals surface area contributed by atoms with Crippen molar-refractivity contribution in [2.75, 3.05) is 26.7 Å². The van der Waals surface area contributed by atoms with Crippen molar-refractivity contribution in [3.05, 3.63) is 53.3 Å². The molecule has 1 saturated heterocycles. The zero-order chi connectivity index (χ0) is 18.8. The summed E-state index contributed by atoms with van der Waals surface area (Å²) < 4.78 is 7.58. The van der Waals surface area contributed by atoms with Crippen LogP contribution in [0.5, 0.6) is 5.75 Å². The molecule has 0 bridgehead atoms. The van der Waals surface area contributed by atoms with E-state index in [0.29, 0.717) is 19.0 Å². The second kappa shape index (κ2) is 7.66. The van der Waals surface area contributed by atoms with Crippen LogP contribution < -0.4 is 10.5 Å². The van der Waals surface area contributed by atoms with Gasteiger partial charge in [-0.15, -0.1) is 0 Å². The van der Waals surface area contributed by atoms with Gasteiger partial charge in [0, 0.05) is 42.7 Å². The largest absolute Gasteiger partial charge is 0.496 e. The molecule has 142 valence electrons. The number of nitrogens with two attached hydrogens (primary N) is 1. The van der Waals surface area contributed by atoms with E-state index in [2.05, 4.69) is 41.1 Å². The maximum absolute atomic E-state index is 5.75. The van der Waals surface area contributed by atoms with Crippen LogP contribution in [0, 0.1) is 6.92 Å². The Morgan fingerprint density at radius 3 is 2.96 bits per heavy atom. The lowest BCUT2D eigenvalue weighted by Crippen LogP contribution is -2.20. The zero-order valence-corrected chi connectivity index (χ0v) is 16.1. The van der Waals surface area contributed by atoms with Gasteiger partial charge in [0.05, 0.1) is 19.3 Å². The first-order valence-corrected chi connectivity index (χ1v) is 9.57. The summed E-state index contributed by atoms with van der Waals surface area (Å²) in [6, 6.07) is 10.5. The van der Waals surface area contributed by atoms with Gasteiger partial charge in [-0.05, 0) is 37.6 Å². The van der Waals surface area contributed by atoms with E-state index in [1.165, 1.54) is 11.1 Å². The molecule has 6 heteroatoms. The van der Waals surface area contributed by atoms with E-state index in [4.69, 9.17) is 15.6 Å². The number of methoxy groups -OCH3 is 1. The van der Waals surface area contributed by atoms with Crippen LogP contribution in [0.4, 0.5) is 0 Å². The predicted octanol–water partition coefficient (Wildman–Crippen LogP) is 2.70.